The van der Waals surface area contributed by atoms with Crippen molar-refractivity contribution in [2.24, 2.45) is 0 Å². The Morgan fingerprint density at radius 3 is 2.70 bits per heavy atom. The van der Waals surface area contributed by atoms with Gasteiger partial charge in [0, 0.05) is 17.7 Å². The Morgan fingerprint density at radius 2 is 1.85 bits per heavy atom. The lowest BCUT2D eigenvalue weighted by Gasteiger charge is -2.06. The summed E-state index contributed by atoms with van der Waals surface area (Å²) in [7, 11) is 0. The van der Waals surface area contributed by atoms with Crippen LogP contribution in [0, 0.1) is 6.92 Å². The van der Waals surface area contributed by atoms with E-state index in [1.807, 2.05) is 61.5 Å². The van der Waals surface area contributed by atoms with Gasteiger partial charge in [-0.1, -0.05) is 65.4 Å². The van der Waals surface area contributed by atoms with E-state index in [4.69, 9.17) is 4.52 Å². The van der Waals surface area contributed by atoms with Gasteiger partial charge in [-0.2, -0.15) is 9.67 Å². The van der Waals surface area contributed by atoms with Crippen LogP contribution in [0.1, 0.15) is 17.9 Å². The van der Waals surface area contributed by atoms with Crippen molar-refractivity contribution in [1.29, 1.82) is 0 Å². The van der Waals surface area contributed by atoms with Crippen molar-refractivity contribution in [2.75, 3.05) is 5.75 Å². The highest BCUT2D eigenvalue weighted by molar-refractivity contribution is 7.99. The van der Waals surface area contributed by atoms with Crippen molar-refractivity contribution >= 4 is 11.8 Å². The minimum absolute atomic E-state index is 0.627. The smallest absolute Gasteiger partial charge is 0.226 e. The molecule has 0 aliphatic carbocycles. The van der Waals surface area contributed by atoms with Gasteiger partial charge in [-0.3, -0.25) is 0 Å². The SMILES string of the molecule is Cc1ccccc1-n1nnnc1SCCCc1nc(-c2ccccc2)no1. The molecule has 0 saturated heterocycles. The first-order valence-electron chi connectivity index (χ1n) is 8.66. The number of thioether (sulfide) groups is 1. The third-order valence-electron chi connectivity index (χ3n) is 4.05. The number of tetrazole rings is 1. The topological polar surface area (TPSA) is 82.5 Å². The van der Waals surface area contributed by atoms with Crippen LogP contribution < -0.4 is 0 Å². The molecule has 0 amide bonds. The van der Waals surface area contributed by atoms with Gasteiger partial charge in [-0.05, 0) is 35.4 Å². The highest BCUT2D eigenvalue weighted by Crippen LogP contribution is 2.22. The summed E-state index contributed by atoms with van der Waals surface area (Å²) in [5.41, 5.74) is 3.08. The third kappa shape index (κ3) is 4.06. The van der Waals surface area contributed by atoms with E-state index in [1.54, 1.807) is 16.4 Å². The molecule has 2 aromatic carbocycles. The molecule has 0 aliphatic heterocycles. The molecule has 0 bridgehead atoms. The molecule has 136 valence electrons. The number of rotatable bonds is 7. The number of nitrogens with zero attached hydrogens (tertiary/aromatic N) is 6. The van der Waals surface area contributed by atoms with E-state index in [1.165, 1.54) is 0 Å². The molecule has 7 nitrogen and oxygen atoms in total. The standard InChI is InChI=1S/C19H18N6OS/c1-14-8-5-6-11-16(14)25-19(21-23-24-25)27-13-7-12-17-20-18(22-26-17)15-9-3-2-4-10-15/h2-6,8-11H,7,12-13H2,1H3. The van der Waals surface area contributed by atoms with E-state index >= 15 is 0 Å². The molecular weight excluding hydrogens is 360 g/mol. The Labute approximate surface area is 160 Å². The Kier molecular flexibility index (Phi) is 5.24. The zero-order chi connectivity index (χ0) is 18.5. The van der Waals surface area contributed by atoms with Gasteiger partial charge in [0.25, 0.3) is 0 Å². The molecular formula is C19H18N6OS. The largest absolute Gasteiger partial charge is 0.339 e. The number of hydrogen-bond acceptors (Lipinski definition) is 7. The molecule has 0 N–H and O–H groups in total. The number of aryl methyl sites for hydroxylation is 2. The van der Waals surface area contributed by atoms with Crippen molar-refractivity contribution in [2.45, 2.75) is 24.9 Å². The molecule has 2 aromatic heterocycles. The molecule has 0 unspecified atom stereocenters. The maximum Gasteiger partial charge on any atom is 0.226 e. The second-order valence-electron chi connectivity index (χ2n) is 5.99. The zero-order valence-corrected chi connectivity index (χ0v) is 15.6. The van der Waals surface area contributed by atoms with Crippen molar-refractivity contribution in [3.63, 3.8) is 0 Å². The minimum Gasteiger partial charge on any atom is -0.339 e. The van der Waals surface area contributed by atoms with E-state index in [2.05, 4.69) is 25.7 Å². The first kappa shape index (κ1) is 17.4. The molecule has 0 radical (unpaired) electrons. The van der Waals surface area contributed by atoms with Crippen LogP contribution in [0.25, 0.3) is 17.1 Å². The average Bonchev–Trinajstić information content (AvgIpc) is 3.36. The van der Waals surface area contributed by atoms with Gasteiger partial charge in [0.05, 0.1) is 5.69 Å². The molecule has 0 aliphatic rings. The first-order chi connectivity index (χ1) is 13.3. The van der Waals surface area contributed by atoms with Crippen LogP contribution >= 0.6 is 11.8 Å². The molecule has 4 rings (SSSR count). The molecule has 0 saturated carbocycles. The lowest BCUT2D eigenvalue weighted by atomic mass is 10.2. The van der Waals surface area contributed by atoms with Gasteiger partial charge >= 0.3 is 0 Å². The van der Waals surface area contributed by atoms with E-state index in [9.17, 15) is 0 Å². The van der Waals surface area contributed by atoms with Crippen molar-refractivity contribution < 1.29 is 4.52 Å². The van der Waals surface area contributed by atoms with Gasteiger partial charge in [0.2, 0.25) is 16.9 Å². The Bertz CT molecular complexity index is 1010. The minimum atomic E-state index is 0.627. The average molecular weight is 378 g/mol. The number of hydrogen-bond donors (Lipinski definition) is 0. The van der Waals surface area contributed by atoms with Crippen LogP contribution in [-0.2, 0) is 6.42 Å². The monoisotopic (exact) mass is 378 g/mol. The summed E-state index contributed by atoms with van der Waals surface area (Å²) < 4.78 is 7.13. The molecule has 0 spiro atoms. The van der Waals surface area contributed by atoms with E-state index < -0.39 is 0 Å². The van der Waals surface area contributed by atoms with E-state index in [-0.39, 0.29) is 0 Å². The molecule has 0 atom stereocenters. The van der Waals surface area contributed by atoms with Crippen LogP contribution in [0.4, 0.5) is 0 Å². The lowest BCUT2D eigenvalue weighted by Crippen LogP contribution is -2.01. The predicted octanol–water partition coefficient (Wildman–Crippen LogP) is 3.75. The number of para-hydroxylation sites is 1. The van der Waals surface area contributed by atoms with Crippen molar-refractivity contribution in [1.82, 2.24) is 30.3 Å². The van der Waals surface area contributed by atoms with Gasteiger partial charge in [0.1, 0.15) is 0 Å². The molecule has 2 heterocycles. The summed E-state index contributed by atoms with van der Waals surface area (Å²) in [4.78, 5) is 4.46. The summed E-state index contributed by atoms with van der Waals surface area (Å²) >= 11 is 1.62. The number of aromatic nitrogens is 6. The normalized spacial score (nSPS) is 11.0. The summed E-state index contributed by atoms with van der Waals surface area (Å²) in [5, 5.41) is 16.9. The van der Waals surface area contributed by atoms with Crippen LogP contribution in [0.3, 0.4) is 0 Å². The highest BCUT2D eigenvalue weighted by Gasteiger charge is 2.12. The first-order valence-corrected chi connectivity index (χ1v) is 9.65. The van der Waals surface area contributed by atoms with Gasteiger partial charge in [-0.25, -0.2) is 0 Å². The molecule has 8 heteroatoms. The van der Waals surface area contributed by atoms with E-state index in [0.717, 1.165) is 40.6 Å². The fourth-order valence-electron chi connectivity index (χ4n) is 2.67. The second-order valence-corrected chi connectivity index (χ2v) is 7.05. The van der Waals surface area contributed by atoms with Crippen molar-refractivity contribution in [3.8, 4) is 17.1 Å². The van der Waals surface area contributed by atoms with Gasteiger partial charge in [-0.15, -0.1) is 5.10 Å². The molecule has 4 aromatic rings. The van der Waals surface area contributed by atoms with Gasteiger partial charge in [0.15, 0.2) is 0 Å². The van der Waals surface area contributed by atoms with Gasteiger partial charge < -0.3 is 4.52 Å². The quantitative estimate of drug-likeness (QED) is 0.358. The fraction of sp³-hybridized carbons (Fsp3) is 0.211. The summed E-state index contributed by atoms with van der Waals surface area (Å²) in [6.45, 7) is 2.05. The van der Waals surface area contributed by atoms with Crippen LogP contribution in [0.2, 0.25) is 0 Å². The van der Waals surface area contributed by atoms with Crippen LogP contribution in [0.5, 0.6) is 0 Å². The second kappa shape index (κ2) is 8.13. The molecule has 0 fully saturated rings. The molecule has 27 heavy (non-hydrogen) atoms. The maximum absolute atomic E-state index is 5.35. The lowest BCUT2D eigenvalue weighted by molar-refractivity contribution is 0.378. The Hall–Kier alpha value is -3.00. The highest BCUT2D eigenvalue weighted by atomic mass is 32.2. The summed E-state index contributed by atoms with van der Waals surface area (Å²) in [6.07, 6.45) is 1.61. The van der Waals surface area contributed by atoms with E-state index in [0.29, 0.717) is 11.7 Å². The summed E-state index contributed by atoms with van der Waals surface area (Å²) in [5.74, 6) is 2.13. The van der Waals surface area contributed by atoms with Crippen molar-refractivity contribution in [3.05, 3.63) is 66.1 Å². The number of benzene rings is 2. The fourth-order valence-corrected chi connectivity index (χ4v) is 3.49. The summed E-state index contributed by atoms with van der Waals surface area (Å²) in [6, 6.07) is 17.9. The maximum atomic E-state index is 5.35. The zero-order valence-electron chi connectivity index (χ0n) is 14.8. The third-order valence-corrected chi connectivity index (χ3v) is 5.06. The Morgan fingerprint density at radius 1 is 1.04 bits per heavy atom. The Balaban J connectivity index is 1.34. The predicted molar refractivity (Wildman–Crippen MR) is 103 cm³/mol. The van der Waals surface area contributed by atoms with Crippen LogP contribution in [0.15, 0.2) is 64.3 Å². The van der Waals surface area contributed by atoms with Crippen LogP contribution in [-0.4, -0.2) is 36.1 Å².